The molecule has 2 aromatic rings. The topological polar surface area (TPSA) is 39.4 Å². The number of methoxy groups -OCH3 is 1. The first-order chi connectivity index (χ1) is 5.40. The van der Waals surface area contributed by atoms with Crippen LogP contribution in [-0.4, -0.2) is 21.7 Å². The molecule has 56 valence electrons. The Morgan fingerprint density at radius 3 is 3.27 bits per heavy atom. The summed E-state index contributed by atoms with van der Waals surface area (Å²) < 4.78 is 6.63. The largest absolute Gasteiger partial charge is 0.480 e. The number of hydrogen-bond acceptors (Lipinski definition) is 3. The van der Waals surface area contributed by atoms with Crippen LogP contribution >= 0.6 is 0 Å². The molecule has 0 amide bonds. The van der Waals surface area contributed by atoms with Gasteiger partial charge < -0.3 is 4.74 Å². The molecule has 0 spiro atoms. The van der Waals surface area contributed by atoms with Crippen LogP contribution in [0.15, 0.2) is 24.7 Å². The molecule has 0 atom stereocenters. The standard InChI is InChI=1S/C7H7N3O/c1-11-7-5-10-6(4-8-7)2-3-9-10/h2-5H,1H3. The van der Waals surface area contributed by atoms with Crippen molar-refractivity contribution in [1.29, 1.82) is 0 Å². The molecule has 0 saturated carbocycles. The first-order valence-electron chi connectivity index (χ1n) is 3.23. The molecule has 0 aliphatic heterocycles. The van der Waals surface area contributed by atoms with Gasteiger partial charge in [0.1, 0.15) is 0 Å². The molecule has 2 heterocycles. The second-order valence-electron chi connectivity index (χ2n) is 2.13. The van der Waals surface area contributed by atoms with Crippen LogP contribution in [0.4, 0.5) is 0 Å². The van der Waals surface area contributed by atoms with Crippen molar-refractivity contribution in [1.82, 2.24) is 14.6 Å². The Balaban J connectivity index is 2.67. The Morgan fingerprint density at radius 1 is 1.55 bits per heavy atom. The van der Waals surface area contributed by atoms with Gasteiger partial charge >= 0.3 is 0 Å². The van der Waals surface area contributed by atoms with E-state index in [0.717, 1.165) is 5.52 Å². The summed E-state index contributed by atoms with van der Waals surface area (Å²) in [4.78, 5) is 4.01. The number of hydrogen-bond donors (Lipinski definition) is 0. The normalized spacial score (nSPS) is 10.3. The lowest BCUT2D eigenvalue weighted by atomic mass is 10.5. The SMILES string of the molecule is COc1cn2nccc2cn1. The van der Waals surface area contributed by atoms with Crippen LogP contribution in [0.3, 0.4) is 0 Å². The maximum Gasteiger partial charge on any atom is 0.232 e. The summed E-state index contributed by atoms with van der Waals surface area (Å²) in [5, 5.41) is 4.02. The number of nitrogens with zero attached hydrogens (tertiary/aromatic N) is 3. The van der Waals surface area contributed by atoms with Crippen LogP contribution in [0.2, 0.25) is 0 Å². The minimum Gasteiger partial charge on any atom is -0.480 e. The van der Waals surface area contributed by atoms with E-state index in [1.54, 1.807) is 30.2 Å². The molecule has 4 nitrogen and oxygen atoms in total. The fourth-order valence-electron chi connectivity index (χ4n) is 0.908. The number of fused-ring (bicyclic) bond motifs is 1. The molecule has 2 aromatic heterocycles. The average molecular weight is 149 g/mol. The average Bonchev–Trinajstić information content (AvgIpc) is 2.50. The number of ether oxygens (including phenoxy) is 1. The third-order valence-corrected chi connectivity index (χ3v) is 1.47. The van der Waals surface area contributed by atoms with Gasteiger partial charge in [-0.05, 0) is 6.07 Å². The summed E-state index contributed by atoms with van der Waals surface area (Å²) >= 11 is 0. The maximum atomic E-state index is 4.92. The van der Waals surface area contributed by atoms with Gasteiger partial charge in [0.15, 0.2) is 0 Å². The van der Waals surface area contributed by atoms with Crippen molar-refractivity contribution in [3.63, 3.8) is 0 Å². The molecule has 0 N–H and O–H groups in total. The van der Waals surface area contributed by atoms with Crippen LogP contribution in [-0.2, 0) is 0 Å². The van der Waals surface area contributed by atoms with Gasteiger partial charge in [0, 0.05) is 0 Å². The Morgan fingerprint density at radius 2 is 2.45 bits per heavy atom. The third-order valence-electron chi connectivity index (χ3n) is 1.47. The lowest BCUT2D eigenvalue weighted by molar-refractivity contribution is 0.394. The van der Waals surface area contributed by atoms with Crippen molar-refractivity contribution in [2.75, 3.05) is 7.11 Å². The van der Waals surface area contributed by atoms with Crippen molar-refractivity contribution in [3.05, 3.63) is 24.7 Å². The van der Waals surface area contributed by atoms with Gasteiger partial charge in [-0.15, -0.1) is 0 Å². The zero-order chi connectivity index (χ0) is 7.68. The summed E-state index contributed by atoms with van der Waals surface area (Å²) in [5.74, 6) is 0.571. The molecule has 0 saturated heterocycles. The van der Waals surface area contributed by atoms with Gasteiger partial charge in [0.2, 0.25) is 5.88 Å². The van der Waals surface area contributed by atoms with E-state index in [1.165, 1.54) is 0 Å². The maximum absolute atomic E-state index is 4.92. The van der Waals surface area contributed by atoms with E-state index in [2.05, 4.69) is 10.1 Å². The molecule has 4 heteroatoms. The molecule has 2 rings (SSSR count). The zero-order valence-electron chi connectivity index (χ0n) is 6.06. The molecule has 0 aliphatic rings. The monoisotopic (exact) mass is 149 g/mol. The lowest BCUT2D eigenvalue weighted by Crippen LogP contribution is -1.92. The van der Waals surface area contributed by atoms with Crippen LogP contribution in [0.25, 0.3) is 5.52 Å². The molecule has 11 heavy (non-hydrogen) atoms. The third kappa shape index (κ3) is 0.920. The summed E-state index contributed by atoms with van der Waals surface area (Å²) in [6, 6.07) is 1.88. The van der Waals surface area contributed by atoms with E-state index in [0.29, 0.717) is 5.88 Å². The summed E-state index contributed by atoms with van der Waals surface area (Å²) in [6.07, 6.45) is 5.16. The number of rotatable bonds is 1. The molecule has 0 aromatic carbocycles. The minimum atomic E-state index is 0.571. The fraction of sp³-hybridized carbons (Fsp3) is 0.143. The molecule has 0 bridgehead atoms. The van der Waals surface area contributed by atoms with Crippen molar-refractivity contribution < 1.29 is 4.74 Å². The molecular formula is C7H7N3O. The molecular weight excluding hydrogens is 142 g/mol. The molecule has 0 unspecified atom stereocenters. The second-order valence-corrected chi connectivity index (χ2v) is 2.13. The van der Waals surface area contributed by atoms with Gasteiger partial charge in [-0.3, -0.25) is 0 Å². The Labute approximate surface area is 63.4 Å². The first kappa shape index (κ1) is 6.15. The Hall–Kier alpha value is -1.58. The molecule has 0 radical (unpaired) electrons. The van der Waals surface area contributed by atoms with E-state index >= 15 is 0 Å². The van der Waals surface area contributed by atoms with Crippen molar-refractivity contribution in [2.24, 2.45) is 0 Å². The van der Waals surface area contributed by atoms with Crippen molar-refractivity contribution in [2.45, 2.75) is 0 Å². The number of aromatic nitrogens is 3. The van der Waals surface area contributed by atoms with E-state index < -0.39 is 0 Å². The highest BCUT2D eigenvalue weighted by Crippen LogP contribution is 2.06. The van der Waals surface area contributed by atoms with Crippen LogP contribution in [0.1, 0.15) is 0 Å². The van der Waals surface area contributed by atoms with Crippen LogP contribution in [0, 0.1) is 0 Å². The van der Waals surface area contributed by atoms with E-state index in [4.69, 9.17) is 4.74 Å². The van der Waals surface area contributed by atoms with E-state index in [-0.39, 0.29) is 0 Å². The van der Waals surface area contributed by atoms with Gasteiger partial charge in [0.25, 0.3) is 0 Å². The van der Waals surface area contributed by atoms with Gasteiger partial charge in [-0.25, -0.2) is 9.50 Å². The minimum absolute atomic E-state index is 0.571. The summed E-state index contributed by atoms with van der Waals surface area (Å²) in [5.41, 5.74) is 0.964. The van der Waals surface area contributed by atoms with E-state index in [1.807, 2.05) is 6.07 Å². The quantitative estimate of drug-likeness (QED) is 0.600. The second kappa shape index (κ2) is 2.23. The highest BCUT2D eigenvalue weighted by Gasteiger charge is 1.95. The fourth-order valence-corrected chi connectivity index (χ4v) is 0.908. The van der Waals surface area contributed by atoms with Crippen LogP contribution < -0.4 is 4.74 Å². The van der Waals surface area contributed by atoms with Crippen molar-refractivity contribution in [3.8, 4) is 5.88 Å². The highest BCUT2D eigenvalue weighted by atomic mass is 16.5. The van der Waals surface area contributed by atoms with E-state index in [9.17, 15) is 0 Å². The highest BCUT2D eigenvalue weighted by molar-refractivity contribution is 5.43. The lowest BCUT2D eigenvalue weighted by Gasteiger charge is -1.97. The van der Waals surface area contributed by atoms with Gasteiger partial charge in [0.05, 0.1) is 31.2 Å². The van der Waals surface area contributed by atoms with Gasteiger partial charge in [-0.1, -0.05) is 0 Å². The predicted molar refractivity (Wildman–Crippen MR) is 39.5 cm³/mol. The van der Waals surface area contributed by atoms with Crippen LogP contribution in [0.5, 0.6) is 5.88 Å². The molecule has 0 fully saturated rings. The predicted octanol–water partition coefficient (Wildman–Crippen LogP) is 0.738. The zero-order valence-corrected chi connectivity index (χ0v) is 6.06. The smallest absolute Gasteiger partial charge is 0.232 e. The van der Waals surface area contributed by atoms with Crippen molar-refractivity contribution >= 4 is 5.52 Å². The Kier molecular flexibility index (Phi) is 1.25. The Bertz CT molecular complexity index is 368. The summed E-state index contributed by atoms with van der Waals surface area (Å²) in [7, 11) is 1.58. The summed E-state index contributed by atoms with van der Waals surface area (Å²) in [6.45, 7) is 0. The van der Waals surface area contributed by atoms with Gasteiger partial charge in [-0.2, -0.15) is 5.10 Å². The first-order valence-corrected chi connectivity index (χ1v) is 3.23. The molecule has 0 aliphatic carbocycles.